The van der Waals surface area contributed by atoms with E-state index in [9.17, 15) is 0 Å². The van der Waals surface area contributed by atoms with Gasteiger partial charge in [-0.3, -0.25) is 0 Å². The maximum atomic E-state index is 6.42. The van der Waals surface area contributed by atoms with Gasteiger partial charge in [0.25, 0.3) is 0 Å². The minimum Gasteiger partial charge on any atom is -0.436 e. The number of hydrogen-bond donors (Lipinski definition) is 0. The van der Waals surface area contributed by atoms with Crippen LogP contribution < -0.4 is 4.90 Å². The zero-order valence-corrected chi connectivity index (χ0v) is 29.8. The van der Waals surface area contributed by atoms with Crippen molar-refractivity contribution in [3.8, 4) is 28.3 Å². The number of rotatable bonds is 6. The molecule has 258 valence electrons. The molecule has 0 aliphatic heterocycles. The minimum atomic E-state index is 0.613. The van der Waals surface area contributed by atoms with Gasteiger partial charge in [-0.1, -0.05) is 121 Å². The monoisotopic (exact) mass is 703 g/mol. The molecule has 11 aromatic rings. The standard InChI is InChI=1S/C51H33N3O/c1-4-12-34(13-5-1)37-20-21-39-31-41(24-22-38(39)30-37)53(43-25-28-47-49(33-43)55-51(52-47)36-15-6-2-7-16-36)42-26-29-48-46(32-42)45-27-23-35-14-10-11-19-44(35)50(45)54(48)40-17-8-3-9-18-40/h1-33H. The number of fused-ring (bicyclic) bond motifs is 7. The highest BCUT2D eigenvalue weighted by Gasteiger charge is 2.20. The molecule has 0 spiro atoms. The van der Waals surface area contributed by atoms with E-state index < -0.39 is 0 Å². The SMILES string of the molecule is c1ccc(-c2ccc3cc(N(c4ccc5nc(-c6ccccc6)oc5c4)c4ccc5c(c4)c4ccc6ccccc6c4n5-c4ccccc4)ccc3c2)cc1. The molecule has 4 heteroatoms. The average molecular weight is 704 g/mol. The second-order valence-corrected chi connectivity index (χ2v) is 14.0. The van der Waals surface area contributed by atoms with Gasteiger partial charge >= 0.3 is 0 Å². The van der Waals surface area contributed by atoms with E-state index in [1.54, 1.807) is 0 Å². The molecule has 0 aliphatic rings. The largest absolute Gasteiger partial charge is 0.436 e. The third-order valence-electron chi connectivity index (χ3n) is 10.7. The molecule has 2 aromatic heterocycles. The molecule has 4 nitrogen and oxygen atoms in total. The zero-order chi connectivity index (χ0) is 36.3. The summed E-state index contributed by atoms with van der Waals surface area (Å²) in [7, 11) is 0. The molecule has 0 saturated heterocycles. The van der Waals surface area contributed by atoms with Crippen LogP contribution in [0.5, 0.6) is 0 Å². The fourth-order valence-corrected chi connectivity index (χ4v) is 8.14. The lowest BCUT2D eigenvalue weighted by Crippen LogP contribution is -2.10. The number of benzene rings is 9. The summed E-state index contributed by atoms with van der Waals surface area (Å²) in [6.45, 7) is 0. The lowest BCUT2D eigenvalue weighted by atomic mass is 10.0. The van der Waals surface area contributed by atoms with Gasteiger partial charge in [-0.05, 0) is 100 Å². The van der Waals surface area contributed by atoms with Crippen molar-refractivity contribution in [3.05, 3.63) is 200 Å². The molecule has 0 aliphatic carbocycles. The Balaban J connectivity index is 1.13. The van der Waals surface area contributed by atoms with Crippen molar-refractivity contribution in [2.75, 3.05) is 4.90 Å². The predicted octanol–water partition coefficient (Wildman–Crippen LogP) is 14.0. The molecule has 0 N–H and O–H groups in total. The normalized spacial score (nSPS) is 11.6. The summed E-state index contributed by atoms with van der Waals surface area (Å²) in [5, 5.41) is 7.21. The molecular formula is C51H33N3O. The molecule has 0 radical (unpaired) electrons. The Bertz CT molecular complexity index is 3200. The summed E-state index contributed by atoms with van der Waals surface area (Å²) >= 11 is 0. The quantitative estimate of drug-likeness (QED) is 0.173. The maximum Gasteiger partial charge on any atom is 0.227 e. The second kappa shape index (κ2) is 12.6. The van der Waals surface area contributed by atoms with Crippen LogP contribution in [0.25, 0.3) is 82.7 Å². The summed E-state index contributed by atoms with van der Waals surface area (Å²) in [5.74, 6) is 0.613. The molecule has 0 atom stereocenters. The van der Waals surface area contributed by atoms with Crippen LogP contribution in [0.3, 0.4) is 0 Å². The van der Waals surface area contributed by atoms with E-state index in [1.807, 2.05) is 30.3 Å². The van der Waals surface area contributed by atoms with Crippen molar-refractivity contribution in [2.24, 2.45) is 0 Å². The first-order valence-electron chi connectivity index (χ1n) is 18.6. The molecule has 2 heterocycles. The van der Waals surface area contributed by atoms with Crippen molar-refractivity contribution >= 4 is 71.5 Å². The van der Waals surface area contributed by atoms with Crippen molar-refractivity contribution in [1.82, 2.24) is 9.55 Å². The molecule has 0 unspecified atom stereocenters. The number of anilines is 3. The third-order valence-corrected chi connectivity index (χ3v) is 10.7. The summed E-state index contributed by atoms with van der Waals surface area (Å²) in [4.78, 5) is 7.18. The Kier molecular flexibility index (Phi) is 7.14. The predicted molar refractivity (Wildman–Crippen MR) is 229 cm³/mol. The Morgan fingerprint density at radius 1 is 0.418 bits per heavy atom. The number of nitrogens with zero attached hydrogens (tertiary/aromatic N) is 3. The Hall–Kier alpha value is -7.43. The van der Waals surface area contributed by atoms with Crippen LogP contribution in [0.15, 0.2) is 205 Å². The summed E-state index contributed by atoms with van der Waals surface area (Å²) in [6, 6.07) is 71.1. The van der Waals surface area contributed by atoms with Crippen LogP contribution in [-0.2, 0) is 0 Å². The number of aromatic nitrogens is 2. The van der Waals surface area contributed by atoms with Crippen molar-refractivity contribution in [3.63, 3.8) is 0 Å². The van der Waals surface area contributed by atoms with Crippen LogP contribution in [0.1, 0.15) is 0 Å². The van der Waals surface area contributed by atoms with Crippen LogP contribution >= 0.6 is 0 Å². The van der Waals surface area contributed by atoms with Crippen LogP contribution in [-0.4, -0.2) is 9.55 Å². The van der Waals surface area contributed by atoms with Crippen LogP contribution in [0, 0.1) is 0 Å². The molecule has 0 amide bonds. The average Bonchev–Trinajstić information content (AvgIpc) is 3.84. The topological polar surface area (TPSA) is 34.2 Å². The fraction of sp³-hybridized carbons (Fsp3) is 0. The fourth-order valence-electron chi connectivity index (χ4n) is 8.14. The van der Waals surface area contributed by atoms with E-state index in [1.165, 1.54) is 49.0 Å². The Morgan fingerprint density at radius 2 is 1.05 bits per heavy atom. The van der Waals surface area contributed by atoms with Gasteiger partial charge in [0, 0.05) is 50.5 Å². The van der Waals surface area contributed by atoms with E-state index in [0.717, 1.165) is 44.9 Å². The first kappa shape index (κ1) is 31.1. The smallest absolute Gasteiger partial charge is 0.227 e. The van der Waals surface area contributed by atoms with Crippen LogP contribution in [0.2, 0.25) is 0 Å². The second-order valence-electron chi connectivity index (χ2n) is 14.0. The molecule has 0 saturated carbocycles. The molecule has 9 aromatic carbocycles. The van der Waals surface area contributed by atoms with Crippen molar-refractivity contribution in [2.45, 2.75) is 0 Å². The minimum absolute atomic E-state index is 0.613. The van der Waals surface area contributed by atoms with E-state index in [0.29, 0.717) is 5.89 Å². The summed E-state index contributed by atoms with van der Waals surface area (Å²) < 4.78 is 8.83. The molecule has 11 rings (SSSR count). The van der Waals surface area contributed by atoms with Crippen molar-refractivity contribution in [1.29, 1.82) is 0 Å². The molecule has 0 bridgehead atoms. The highest BCUT2D eigenvalue weighted by molar-refractivity contribution is 6.19. The van der Waals surface area contributed by atoms with Gasteiger partial charge in [-0.25, -0.2) is 4.98 Å². The third kappa shape index (κ3) is 5.26. The highest BCUT2D eigenvalue weighted by Crippen LogP contribution is 2.43. The number of para-hydroxylation sites is 1. The highest BCUT2D eigenvalue weighted by atomic mass is 16.3. The molecular weight excluding hydrogens is 671 g/mol. The van der Waals surface area contributed by atoms with E-state index in [4.69, 9.17) is 9.40 Å². The Labute approximate surface area is 317 Å². The van der Waals surface area contributed by atoms with Gasteiger partial charge in [-0.2, -0.15) is 0 Å². The van der Waals surface area contributed by atoms with Gasteiger partial charge in [0.15, 0.2) is 5.58 Å². The van der Waals surface area contributed by atoms with E-state index in [-0.39, 0.29) is 0 Å². The van der Waals surface area contributed by atoms with E-state index in [2.05, 4.69) is 179 Å². The van der Waals surface area contributed by atoms with Gasteiger partial charge in [0.2, 0.25) is 5.89 Å². The zero-order valence-electron chi connectivity index (χ0n) is 29.8. The maximum absolute atomic E-state index is 6.42. The van der Waals surface area contributed by atoms with Gasteiger partial charge in [-0.15, -0.1) is 0 Å². The summed E-state index contributed by atoms with van der Waals surface area (Å²) in [6.07, 6.45) is 0. The first-order chi connectivity index (χ1) is 27.2. The molecule has 0 fully saturated rings. The molecule has 55 heavy (non-hydrogen) atoms. The summed E-state index contributed by atoms with van der Waals surface area (Å²) in [5.41, 5.74) is 11.5. The van der Waals surface area contributed by atoms with Gasteiger partial charge < -0.3 is 13.9 Å². The van der Waals surface area contributed by atoms with Gasteiger partial charge in [0.1, 0.15) is 5.52 Å². The van der Waals surface area contributed by atoms with E-state index >= 15 is 0 Å². The lowest BCUT2D eigenvalue weighted by Gasteiger charge is -2.26. The number of hydrogen-bond acceptors (Lipinski definition) is 3. The Morgan fingerprint density at radius 3 is 1.89 bits per heavy atom. The lowest BCUT2D eigenvalue weighted by molar-refractivity contribution is 0.620. The number of oxazole rings is 1. The first-order valence-corrected chi connectivity index (χ1v) is 18.6. The van der Waals surface area contributed by atoms with Crippen molar-refractivity contribution < 1.29 is 4.42 Å². The van der Waals surface area contributed by atoms with Gasteiger partial charge in [0.05, 0.1) is 11.0 Å². The van der Waals surface area contributed by atoms with Crippen LogP contribution in [0.4, 0.5) is 17.1 Å².